The normalized spacial score (nSPS) is 13.8. The van der Waals surface area contributed by atoms with Crippen molar-refractivity contribution in [2.45, 2.75) is 13.8 Å². The van der Waals surface area contributed by atoms with Crippen molar-refractivity contribution >= 4 is 35.1 Å². The van der Waals surface area contributed by atoms with Crippen LogP contribution in [-0.4, -0.2) is 44.4 Å². The number of anilines is 1. The Morgan fingerprint density at radius 3 is 2.76 bits per heavy atom. The van der Waals surface area contributed by atoms with Crippen LogP contribution in [-0.2, 0) is 14.3 Å². The first kappa shape index (κ1) is 16.7. The highest BCUT2D eigenvalue weighted by Crippen LogP contribution is 2.25. The van der Waals surface area contributed by atoms with Gasteiger partial charge in [-0.15, -0.1) is 11.3 Å². The second-order valence-corrected chi connectivity index (χ2v) is 5.83. The number of carbonyl (C=O) groups excluding carboxylic acids is 3. The van der Waals surface area contributed by atoms with Crippen LogP contribution < -0.4 is 5.43 Å². The summed E-state index contributed by atoms with van der Waals surface area (Å²) in [5.74, 6) is -1.59. The fourth-order valence-electron chi connectivity index (χ4n) is 2.09. The van der Waals surface area contributed by atoms with Gasteiger partial charge in [0.15, 0.2) is 0 Å². The van der Waals surface area contributed by atoms with E-state index in [1.54, 1.807) is 18.5 Å². The Morgan fingerprint density at radius 2 is 2.16 bits per heavy atom. The van der Waals surface area contributed by atoms with E-state index in [9.17, 15) is 14.4 Å². The van der Waals surface area contributed by atoms with Gasteiger partial charge in [0.25, 0.3) is 11.8 Å². The highest BCUT2D eigenvalue weighted by molar-refractivity contribution is 7.13. The van der Waals surface area contributed by atoms with Gasteiger partial charge in [-0.05, 0) is 13.8 Å². The van der Waals surface area contributed by atoms with Crippen molar-refractivity contribution in [1.29, 1.82) is 0 Å². The standard InChI is InChI=1S/C15H13N5O4S/c1-3-24-14(23)9-7-17-15(18-11(9)12-16-4-5-25-12)19-20-10(21)6-8(2)13(20)22/h4-7H,3H2,1-2H3,(H,17,18,19). The molecule has 0 saturated carbocycles. The lowest BCUT2D eigenvalue weighted by Gasteiger charge is -2.16. The maximum Gasteiger partial charge on any atom is 0.342 e. The molecular weight excluding hydrogens is 346 g/mol. The van der Waals surface area contributed by atoms with Gasteiger partial charge < -0.3 is 4.74 Å². The molecule has 9 nitrogen and oxygen atoms in total. The number of carbonyl (C=O) groups is 3. The molecular formula is C15H13N5O4S. The number of amides is 2. The fraction of sp³-hybridized carbons (Fsp3) is 0.200. The summed E-state index contributed by atoms with van der Waals surface area (Å²) >= 11 is 1.28. The molecule has 2 amide bonds. The van der Waals surface area contributed by atoms with Crippen LogP contribution in [0.5, 0.6) is 0 Å². The van der Waals surface area contributed by atoms with Gasteiger partial charge in [0.2, 0.25) is 5.95 Å². The minimum Gasteiger partial charge on any atom is -0.462 e. The maximum atomic E-state index is 12.1. The van der Waals surface area contributed by atoms with Crippen molar-refractivity contribution in [2.24, 2.45) is 0 Å². The van der Waals surface area contributed by atoms with Crippen LogP contribution in [0.25, 0.3) is 10.7 Å². The molecule has 1 aliphatic rings. The van der Waals surface area contributed by atoms with Crippen LogP contribution in [0.3, 0.4) is 0 Å². The van der Waals surface area contributed by atoms with Crippen LogP contribution in [0.2, 0.25) is 0 Å². The average molecular weight is 359 g/mol. The van der Waals surface area contributed by atoms with E-state index in [1.807, 2.05) is 0 Å². The van der Waals surface area contributed by atoms with Gasteiger partial charge in [-0.2, -0.15) is 5.01 Å². The van der Waals surface area contributed by atoms with Crippen molar-refractivity contribution in [2.75, 3.05) is 12.0 Å². The first-order valence-corrected chi connectivity index (χ1v) is 8.16. The lowest BCUT2D eigenvalue weighted by molar-refractivity contribution is -0.135. The third kappa shape index (κ3) is 3.24. The number of hydrogen-bond donors (Lipinski definition) is 1. The minimum atomic E-state index is -0.579. The number of aromatic nitrogens is 3. The fourth-order valence-corrected chi connectivity index (χ4v) is 2.73. The zero-order valence-electron chi connectivity index (χ0n) is 13.3. The van der Waals surface area contributed by atoms with Crippen molar-refractivity contribution in [3.63, 3.8) is 0 Å². The number of imide groups is 1. The van der Waals surface area contributed by atoms with E-state index in [4.69, 9.17) is 4.74 Å². The van der Waals surface area contributed by atoms with E-state index in [2.05, 4.69) is 20.4 Å². The summed E-state index contributed by atoms with van der Waals surface area (Å²) in [6.45, 7) is 3.43. The Labute approximate surface area is 146 Å². The zero-order chi connectivity index (χ0) is 18.0. The first-order valence-electron chi connectivity index (χ1n) is 7.28. The number of ether oxygens (including phenoxy) is 1. The summed E-state index contributed by atoms with van der Waals surface area (Å²) in [5, 5.41) is 3.03. The molecule has 1 aliphatic heterocycles. The smallest absolute Gasteiger partial charge is 0.342 e. The number of hydrogen-bond acceptors (Lipinski definition) is 9. The zero-order valence-corrected chi connectivity index (χ0v) is 14.2. The monoisotopic (exact) mass is 359 g/mol. The van der Waals surface area contributed by atoms with Gasteiger partial charge in [0, 0.05) is 29.4 Å². The topological polar surface area (TPSA) is 114 Å². The van der Waals surface area contributed by atoms with Crippen LogP contribution in [0.15, 0.2) is 29.4 Å². The largest absolute Gasteiger partial charge is 0.462 e. The molecule has 0 radical (unpaired) electrons. The molecule has 0 unspecified atom stereocenters. The van der Waals surface area contributed by atoms with E-state index < -0.39 is 17.8 Å². The Hall–Kier alpha value is -3.14. The molecule has 2 aromatic heterocycles. The summed E-state index contributed by atoms with van der Waals surface area (Å²) < 4.78 is 5.00. The van der Waals surface area contributed by atoms with Gasteiger partial charge in [-0.3, -0.25) is 15.0 Å². The number of esters is 1. The average Bonchev–Trinajstić information content (AvgIpc) is 3.20. The van der Waals surface area contributed by atoms with E-state index >= 15 is 0 Å². The summed E-state index contributed by atoms with van der Waals surface area (Å²) in [4.78, 5) is 48.2. The van der Waals surface area contributed by atoms with Gasteiger partial charge in [0.1, 0.15) is 16.3 Å². The minimum absolute atomic E-state index is 0.0111. The maximum absolute atomic E-state index is 12.1. The summed E-state index contributed by atoms with van der Waals surface area (Å²) in [6, 6.07) is 0. The third-order valence-electron chi connectivity index (χ3n) is 3.23. The summed E-state index contributed by atoms with van der Waals surface area (Å²) in [5.41, 5.74) is 3.27. The van der Waals surface area contributed by atoms with Crippen LogP contribution in [0, 0.1) is 0 Å². The summed E-state index contributed by atoms with van der Waals surface area (Å²) in [7, 11) is 0. The molecule has 0 atom stereocenters. The Kier molecular flexibility index (Phi) is 4.52. The van der Waals surface area contributed by atoms with Gasteiger partial charge in [0.05, 0.1) is 6.61 Å². The Morgan fingerprint density at radius 1 is 1.36 bits per heavy atom. The quantitative estimate of drug-likeness (QED) is 0.630. The molecule has 1 N–H and O–H groups in total. The third-order valence-corrected chi connectivity index (χ3v) is 4.01. The molecule has 3 rings (SSSR count). The second kappa shape index (κ2) is 6.77. The Bertz CT molecular complexity index is 878. The molecule has 2 aromatic rings. The lowest BCUT2D eigenvalue weighted by atomic mass is 10.2. The molecule has 25 heavy (non-hydrogen) atoms. The number of thiazole rings is 1. The van der Waals surface area contributed by atoms with Gasteiger partial charge >= 0.3 is 5.97 Å². The highest BCUT2D eigenvalue weighted by atomic mass is 32.1. The van der Waals surface area contributed by atoms with E-state index in [0.29, 0.717) is 10.6 Å². The van der Waals surface area contributed by atoms with Crippen molar-refractivity contribution in [3.05, 3.63) is 35.0 Å². The summed E-state index contributed by atoms with van der Waals surface area (Å²) in [6.07, 6.45) is 4.06. The van der Waals surface area contributed by atoms with E-state index in [-0.39, 0.29) is 23.8 Å². The molecule has 0 aromatic carbocycles. The molecule has 128 valence electrons. The SMILES string of the molecule is CCOC(=O)c1cnc(NN2C(=O)C=C(C)C2=O)nc1-c1nccs1. The second-order valence-electron chi connectivity index (χ2n) is 4.93. The molecule has 0 saturated heterocycles. The molecule has 0 bridgehead atoms. The number of nitrogens with one attached hydrogen (secondary N) is 1. The predicted molar refractivity (Wildman–Crippen MR) is 88.3 cm³/mol. The number of nitrogens with zero attached hydrogens (tertiary/aromatic N) is 4. The first-order chi connectivity index (χ1) is 12.0. The Balaban J connectivity index is 1.95. The predicted octanol–water partition coefficient (Wildman–Crippen LogP) is 1.42. The van der Waals surface area contributed by atoms with Crippen molar-refractivity contribution < 1.29 is 19.1 Å². The molecule has 0 aliphatic carbocycles. The number of rotatable bonds is 5. The lowest BCUT2D eigenvalue weighted by Crippen LogP contribution is -2.37. The van der Waals surface area contributed by atoms with E-state index in [1.165, 1.54) is 30.5 Å². The van der Waals surface area contributed by atoms with Crippen molar-refractivity contribution in [1.82, 2.24) is 20.0 Å². The molecule has 3 heterocycles. The molecule has 10 heteroatoms. The van der Waals surface area contributed by atoms with Gasteiger partial charge in [-0.1, -0.05) is 0 Å². The highest BCUT2D eigenvalue weighted by Gasteiger charge is 2.30. The number of hydrazine groups is 1. The van der Waals surface area contributed by atoms with Crippen LogP contribution in [0.4, 0.5) is 5.95 Å². The van der Waals surface area contributed by atoms with Crippen molar-refractivity contribution in [3.8, 4) is 10.7 Å². The van der Waals surface area contributed by atoms with Crippen LogP contribution >= 0.6 is 11.3 Å². The molecule has 0 spiro atoms. The molecule has 0 fully saturated rings. The van der Waals surface area contributed by atoms with Gasteiger partial charge in [-0.25, -0.2) is 19.7 Å². The van der Waals surface area contributed by atoms with Crippen LogP contribution in [0.1, 0.15) is 24.2 Å². The van der Waals surface area contributed by atoms with E-state index in [0.717, 1.165) is 5.01 Å².